The number of nitrogens with one attached hydrogen (secondary N) is 1. The van der Waals surface area contributed by atoms with Crippen LogP contribution in [-0.2, 0) is 11.2 Å². The number of hydrogen-bond donors (Lipinski definition) is 1. The molecule has 17 heavy (non-hydrogen) atoms. The van der Waals surface area contributed by atoms with Gasteiger partial charge in [0.2, 0.25) is 5.89 Å². The zero-order chi connectivity index (χ0) is 12.7. The highest BCUT2D eigenvalue weighted by Crippen LogP contribution is 2.02. The van der Waals surface area contributed by atoms with Crippen molar-refractivity contribution in [1.29, 1.82) is 0 Å². The number of aromatic nitrogens is 2. The lowest BCUT2D eigenvalue weighted by Crippen LogP contribution is -2.23. The molecule has 1 heterocycles. The van der Waals surface area contributed by atoms with Crippen molar-refractivity contribution in [2.24, 2.45) is 0 Å². The standard InChI is InChI=1S/C11H19N3O3/c1-4-16-11(15)10-13-9(17-14-10)6-5-7-12-8(2)3/h8,12H,4-7H2,1-3H3. The molecule has 0 amide bonds. The summed E-state index contributed by atoms with van der Waals surface area (Å²) in [5.41, 5.74) is 0. The number of esters is 1. The van der Waals surface area contributed by atoms with Gasteiger partial charge in [-0.15, -0.1) is 0 Å². The van der Waals surface area contributed by atoms with Gasteiger partial charge in [-0.3, -0.25) is 0 Å². The highest BCUT2D eigenvalue weighted by molar-refractivity contribution is 5.84. The molecule has 0 saturated carbocycles. The Morgan fingerprint density at radius 1 is 1.53 bits per heavy atom. The predicted molar refractivity (Wildman–Crippen MR) is 61.7 cm³/mol. The first-order chi connectivity index (χ1) is 8.13. The van der Waals surface area contributed by atoms with Crippen molar-refractivity contribution in [2.45, 2.75) is 39.7 Å². The first-order valence-corrected chi connectivity index (χ1v) is 5.86. The van der Waals surface area contributed by atoms with E-state index in [-0.39, 0.29) is 5.82 Å². The van der Waals surface area contributed by atoms with Crippen molar-refractivity contribution in [2.75, 3.05) is 13.2 Å². The Labute approximate surface area is 101 Å². The third kappa shape index (κ3) is 4.95. The van der Waals surface area contributed by atoms with Gasteiger partial charge in [0, 0.05) is 12.5 Å². The Bertz CT molecular complexity index is 349. The molecule has 0 aliphatic heterocycles. The first kappa shape index (κ1) is 13.6. The molecule has 0 radical (unpaired) electrons. The highest BCUT2D eigenvalue weighted by atomic mass is 16.5. The van der Waals surface area contributed by atoms with Crippen LogP contribution in [0.15, 0.2) is 4.52 Å². The highest BCUT2D eigenvalue weighted by Gasteiger charge is 2.14. The second-order valence-electron chi connectivity index (χ2n) is 3.94. The summed E-state index contributed by atoms with van der Waals surface area (Å²) >= 11 is 0. The van der Waals surface area contributed by atoms with Crippen LogP contribution in [0.5, 0.6) is 0 Å². The SMILES string of the molecule is CCOC(=O)c1noc(CCCNC(C)C)n1. The zero-order valence-electron chi connectivity index (χ0n) is 10.5. The van der Waals surface area contributed by atoms with Gasteiger partial charge in [0.15, 0.2) is 0 Å². The molecule has 0 saturated heterocycles. The smallest absolute Gasteiger partial charge is 0.379 e. The van der Waals surface area contributed by atoms with Gasteiger partial charge >= 0.3 is 5.97 Å². The molecule has 0 aromatic carbocycles. The van der Waals surface area contributed by atoms with Crippen LogP contribution in [0.1, 0.15) is 43.7 Å². The second kappa shape index (κ2) is 7.01. The summed E-state index contributed by atoms with van der Waals surface area (Å²) in [6.45, 7) is 7.10. The van der Waals surface area contributed by atoms with Crippen LogP contribution >= 0.6 is 0 Å². The molecule has 0 aliphatic carbocycles. The van der Waals surface area contributed by atoms with E-state index in [0.29, 0.717) is 25.0 Å². The van der Waals surface area contributed by atoms with Crippen LogP contribution in [0.25, 0.3) is 0 Å². The van der Waals surface area contributed by atoms with Gasteiger partial charge in [-0.25, -0.2) is 4.79 Å². The molecule has 1 aromatic rings. The maximum absolute atomic E-state index is 11.3. The van der Waals surface area contributed by atoms with Crippen molar-refractivity contribution >= 4 is 5.97 Å². The van der Waals surface area contributed by atoms with Gasteiger partial charge < -0.3 is 14.6 Å². The number of carbonyl (C=O) groups is 1. The molecule has 0 unspecified atom stereocenters. The van der Waals surface area contributed by atoms with Gasteiger partial charge in [-0.1, -0.05) is 13.8 Å². The zero-order valence-corrected chi connectivity index (χ0v) is 10.5. The van der Waals surface area contributed by atoms with Crippen LogP contribution in [-0.4, -0.2) is 35.3 Å². The average Bonchev–Trinajstić information content (AvgIpc) is 2.73. The average molecular weight is 241 g/mol. The van der Waals surface area contributed by atoms with Crippen molar-refractivity contribution in [3.63, 3.8) is 0 Å². The van der Waals surface area contributed by atoms with Gasteiger partial charge in [-0.05, 0) is 25.0 Å². The summed E-state index contributed by atoms with van der Waals surface area (Å²) in [6, 6.07) is 0.466. The van der Waals surface area contributed by atoms with Gasteiger partial charge in [-0.2, -0.15) is 4.98 Å². The summed E-state index contributed by atoms with van der Waals surface area (Å²) in [5.74, 6) is -0.0694. The number of ether oxygens (including phenoxy) is 1. The molecule has 6 nitrogen and oxygen atoms in total. The molecule has 0 atom stereocenters. The molecule has 1 aromatic heterocycles. The molecule has 96 valence electrons. The van der Waals surface area contributed by atoms with E-state index in [2.05, 4.69) is 29.3 Å². The summed E-state index contributed by atoms with van der Waals surface area (Å²) in [7, 11) is 0. The third-order valence-electron chi connectivity index (χ3n) is 2.05. The Morgan fingerprint density at radius 3 is 2.94 bits per heavy atom. The fourth-order valence-electron chi connectivity index (χ4n) is 1.27. The Balaban J connectivity index is 2.33. The first-order valence-electron chi connectivity index (χ1n) is 5.86. The van der Waals surface area contributed by atoms with Crippen LogP contribution in [0, 0.1) is 0 Å². The van der Waals surface area contributed by atoms with Crippen molar-refractivity contribution in [3.8, 4) is 0 Å². The van der Waals surface area contributed by atoms with Crippen LogP contribution in [0.3, 0.4) is 0 Å². The second-order valence-corrected chi connectivity index (χ2v) is 3.94. The minimum Gasteiger partial charge on any atom is -0.460 e. The van der Waals surface area contributed by atoms with E-state index < -0.39 is 5.97 Å². The normalized spacial score (nSPS) is 10.8. The van der Waals surface area contributed by atoms with Gasteiger partial charge in [0.1, 0.15) is 0 Å². The number of nitrogens with zero attached hydrogens (tertiary/aromatic N) is 2. The van der Waals surface area contributed by atoms with Crippen molar-refractivity contribution in [1.82, 2.24) is 15.5 Å². The number of rotatable bonds is 7. The van der Waals surface area contributed by atoms with E-state index in [1.807, 2.05) is 0 Å². The molecule has 0 aliphatic rings. The summed E-state index contributed by atoms with van der Waals surface area (Å²) in [6.07, 6.45) is 1.55. The topological polar surface area (TPSA) is 77.2 Å². The lowest BCUT2D eigenvalue weighted by Gasteiger charge is -2.05. The minimum absolute atomic E-state index is 0.00123. The number of carbonyl (C=O) groups excluding carboxylic acids is 1. The van der Waals surface area contributed by atoms with E-state index >= 15 is 0 Å². The van der Waals surface area contributed by atoms with E-state index in [9.17, 15) is 4.79 Å². The minimum atomic E-state index is -0.539. The molecular formula is C11H19N3O3. The summed E-state index contributed by atoms with van der Waals surface area (Å²) < 4.78 is 9.71. The number of hydrogen-bond acceptors (Lipinski definition) is 6. The van der Waals surface area contributed by atoms with Gasteiger partial charge in [0.25, 0.3) is 5.82 Å². The van der Waals surface area contributed by atoms with Gasteiger partial charge in [0.05, 0.1) is 6.61 Å². The lowest BCUT2D eigenvalue weighted by atomic mass is 10.3. The Kier molecular flexibility index (Phi) is 5.62. The quantitative estimate of drug-likeness (QED) is 0.570. The van der Waals surface area contributed by atoms with E-state index in [4.69, 9.17) is 9.26 Å². The molecule has 0 bridgehead atoms. The molecule has 1 N–H and O–H groups in total. The van der Waals surface area contributed by atoms with Crippen LogP contribution in [0.4, 0.5) is 0 Å². The Hall–Kier alpha value is -1.43. The molecule has 6 heteroatoms. The third-order valence-corrected chi connectivity index (χ3v) is 2.05. The molecular weight excluding hydrogens is 222 g/mol. The predicted octanol–water partition coefficient (Wildman–Crippen LogP) is 1.18. The van der Waals surface area contributed by atoms with Crippen LogP contribution < -0.4 is 5.32 Å². The van der Waals surface area contributed by atoms with Crippen molar-refractivity contribution in [3.05, 3.63) is 11.7 Å². The largest absolute Gasteiger partial charge is 0.460 e. The maximum Gasteiger partial charge on any atom is 0.379 e. The fourth-order valence-corrected chi connectivity index (χ4v) is 1.27. The molecule has 0 spiro atoms. The Morgan fingerprint density at radius 2 is 2.29 bits per heavy atom. The maximum atomic E-state index is 11.3. The fraction of sp³-hybridized carbons (Fsp3) is 0.727. The van der Waals surface area contributed by atoms with E-state index in [1.165, 1.54) is 0 Å². The molecule has 1 rings (SSSR count). The summed E-state index contributed by atoms with van der Waals surface area (Å²) in [4.78, 5) is 15.2. The monoisotopic (exact) mass is 241 g/mol. The summed E-state index contributed by atoms with van der Waals surface area (Å²) in [5, 5.41) is 6.85. The van der Waals surface area contributed by atoms with E-state index in [1.54, 1.807) is 6.92 Å². The lowest BCUT2D eigenvalue weighted by molar-refractivity contribution is 0.0508. The number of aryl methyl sites for hydroxylation is 1. The van der Waals surface area contributed by atoms with Crippen molar-refractivity contribution < 1.29 is 14.1 Å². The van der Waals surface area contributed by atoms with E-state index in [0.717, 1.165) is 13.0 Å². The van der Waals surface area contributed by atoms with Crippen LogP contribution in [0.2, 0.25) is 0 Å². The molecule has 0 fully saturated rings.